The van der Waals surface area contributed by atoms with Gasteiger partial charge in [-0.1, -0.05) is 172 Å². The zero-order valence-electron chi connectivity index (χ0n) is 31.0. The van der Waals surface area contributed by atoms with Gasteiger partial charge in [-0.05, 0) is 92.5 Å². The second kappa shape index (κ2) is 13.2. The van der Waals surface area contributed by atoms with Crippen molar-refractivity contribution in [2.75, 3.05) is 9.80 Å². The molecular formula is C53H40N2. The first kappa shape index (κ1) is 32.7. The van der Waals surface area contributed by atoms with Crippen LogP contribution in [-0.2, 0) is 5.41 Å². The van der Waals surface area contributed by atoms with Crippen molar-refractivity contribution in [3.63, 3.8) is 0 Å². The molecule has 2 nitrogen and oxygen atoms in total. The third-order valence-corrected chi connectivity index (χ3v) is 11.4. The number of benzene rings is 9. The van der Waals surface area contributed by atoms with Gasteiger partial charge in [0, 0.05) is 33.4 Å². The van der Waals surface area contributed by atoms with Crippen molar-refractivity contribution in [2.45, 2.75) is 19.3 Å². The van der Waals surface area contributed by atoms with Gasteiger partial charge in [0.1, 0.15) is 0 Å². The van der Waals surface area contributed by atoms with E-state index in [1.807, 2.05) is 0 Å². The topological polar surface area (TPSA) is 6.48 Å². The van der Waals surface area contributed by atoms with Crippen LogP contribution < -0.4 is 9.80 Å². The third kappa shape index (κ3) is 5.57. The summed E-state index contributed by atoms with van der Waals surface area (Å²) in [5.74, 6) is 0. The highest BCUT2D eigenvalue weighted by Crippen LogP contribution is 2.56. The summed E-state index contributed by atoms with van der Waals surface area (Å²) in [6.45, 7) is 4.75. The molecule has 0 atom stereocenters. The standard InChI is InChI=1S/C53H40N2/c1-53(2)48-23-13-14-24-50(48)55(52-46-22-12-11-20-41(46)28-33-47(52)40-18-7-4-8-19-40)51-34-32-45(36-49(51)53)54(44-31-27-38-17-9-10-21-42(38)35-44)43-29-25-39(26-30-43)37-15-5-3-6-16-37/h3-36H,1-2H3. The molecule has 55 heavy (non-hydrogen) atoms. The number of hydrogen-bond donors (Lipinski definition) is 0. The van der Waals surface area contributed by atoms with Crippen molar-refractivity contribution < 1.29 is 0 Å². The predicted octanol–water partition coefficient (Wildman–Crippen LogP) is 14.9. The van der Waals surface area contributed by atoms with E-state index in [-0.39, 0.29) is 5.41 Å². The average molecular weight is 705 g/mol. The Morgan fingerprint density at radius 2 is 0.927 bits per heavy atom. The molecule has 0 unspecified atom stereocenters. The highest BCUT2D eigenvalue weighted by atomic mass is 15.2. The molecule has 0 N–H and O–H groups in total. The maximum absolute atomic E-state index is 2.53. The highest BCUT2D eigenvalue weighted by Gasteiger charge is 2.38. The Kier molecular flexibility index (Phi) is 7.85. The first-order chi connectivity index (χ1) is 27.0. The number of hydrogen-bond acceptors (Lipinski definition) is 2. The summed E-state index contributed by atoms with van der Waals surface area (Å²) in [5.41, 5.74) is 14.1. The SMILES string of the molecule is CC1(C)c2ccccc2N(c2c(-c3ccccc3)ccc3ccccc23)c2ccc(N(c3ccc(-c4ccccc4)cc3)c3ccc4ccccc4c3)cc21. The first-order valence-corrected chi connectivity index (χ1v) is 19.1. The molecule has 9 aromatic carbocycles. The number of fused-ring (bicyclic) bond motifs is 4. The fourth-order valence-electron chi connectivity index (χ4n) is 8.61. The average Bonchev–Trinajstić information content (AvgIpc) is 3.25. The molecule has 1 aliphatic heterocycles. The van der Waals surface area contributed by atoms with Crippen LogP contribution in [0.2, 0.25) is 0 Å². The molecule has 0 radical (unpaired) electrons. The van der Waals surface area contributed by atoms with Crippen molar-refractivity contribution in [2.24, 2.45) is 0 Å². The van der Waals surface area contributed by atoms with Crippen molar-refractivity contribution >= 4 is 55.7 Å². The predicted molar refractivity (Wildman–Crippen MR) is 234 cm³/mol. The molecule has 0 amide bonds. The Morgan fingerprint density at radius 1 is 0.382 bits per heavy atom. The molecule has 1 aliphatic rings. The Hall–Kier alpha value is -6.90. The Bertz CT molecular complexity index is 2840. The third-order valence-electron chi connectivity index (χ3n) is 11.4. The molecule has 0 fully saturated rings. The molecule has 0 bridgehead atoms. The van der Waals surface area contributed by atoms with Gasteiger partial charge in [0.2, 0.25) is 0 Å². The van der Waals surface area contributed by atoms with E-state index in [4.69, 9.17) is 0 Å². The second-order valence-corrected chi connectivity index (χ2v) is 15.0. The van der Waals surface area contributed by atoms with Crippen LogP contribution in [-0.4, -0.2) is 0 Å². The van der Waals surface area contributed by atoms with Crippen LogP contribution in [0, 0.1) is 0 Å². The van der Waals surface area contributed by atoms with Crippen LogP contribution in [0.15, 0.2) is 206 Å². The molecule has 0 aliphatic carbocycles. The van der Waals surface area contributed by atoms with Gasteiger partial charge >= 0.3 is 0 Å². The van der Waals surface area contributed by atoms with Gasteiger partial charge in [-0.25, -0.2) is 0 Å². The van der Waals surface area contributed by atoms with Gasteiger partial charge in [-0.15, -0.1) is 0 Å². The molecule has 0 spiro atoms. The van der Waals surface area contributed by atoms with Crippen LogP contribution in [0.3, 0.4) is 0 Å². The highest BCUT2D eigenvalue weighted by molar-refractivity contribution is 6.07. The van der Waals surface area contributed by atoms with Crippen LogP contribution in [0.25, 0.3) is 43.8 Å². The van der Waals surface area contributed by atoms with E-state index in [9.17, 15) is 0 Å². The van der Waals surface area contributed by atoms with Crippen molar-refractivity contribution in [3.8, 4) is 22.3 Å². The maximum atomic E-state index is 2.53. The fraction of sp³-hybridized carbons (Fsp3) is 0.0566. The van der Waals surface area contributed by atoms with Gasteiger partial charge in [0.05, 0.1) is 17.1 Å². The molecule has 0 aromatic heterocycles. The van der Waals surface area contributed by atoms with Crippen molar-refractivity contribution in [1.82, 2.24) is 0 Å². The van der Waals surface area contributed by atoms with Gasteiger partial charge in [0.25, 0.3) is 0 Å². The number of rotatable bonds is 6. The lowest BCUT2D eigenvalue weighted by Gasteiger charge is -2.43. The van der Waals surface area contributed by atoms with Crippen molar-refractivity contribution in [3.05, 3.63) is 217 Å². The first-order valence-electron chi connectivity index (χ1n) is 19.1. The molecular weight excluding hydrogens is 665 g/mol. The minimum Gasteiger partial charge on any atom is -0.310 e. The van der Waals surface area contributed by atoms with Gasteiger partial charge in [-0.2, -0.15) is 0 Å². The molecule has 1 heterocycles. The second-order valence-electron chi connectivity index (χ2n) is 15.0. The summed E-state index contributed by atoms with van der Waals surface area (Å²) in [5, 5.41) is 4.89. The summed E-state index contributed by atoms with van der Waals surface area (Å²) in [6, 6.07) is 75.2. The summed E-state index contributed by atoms with van der Waals surface area (Å²) in [7, 11) is 0. The quantitative estimate of drug-likeness (QED) is 0.170. The zero-order chi connectivity index (χ0) is 36.9. The molecule has 262 valence electrons. The Balaban J connectivity index is 1.20. The number of nitrogens with zero attached hydrogens (tertiary/aromatic N) is 2. The zero-order valence-corrected chi connectivity index (χ0v) is 31.0. The summed E-state index contributed by atoms with van der Waals surface area (Å²) >= 11 is 0. The van der Waals surface area contributed by atoms with Crippen LogP contribution in [0.4, 0.5) is 34.1 Å². The van der Waals surface area contributed by atoms with Crippen LogP contribution >= 0.6 is 0 Å². The largest absolute Gasteiger partial charge is 0.310 e. The van der Waals surface area contributed by atoms with E-state index in [0.717, 1.165) is 17.1 Å². The van der Waals surface area contributed by atoms with E-state index >= 15 is 0 Å². The van der Waals surface area contributed by atoms with E-state index in [2.05, 4.69) is 230 Å². The molecule has 2 heteroatoms. The lowest BCUT2D eigenvalue weighted by Crippen LogP contribution is -2.31. The summed E-state index contributed by atoms with van der Waals surface area (Å²) < 4.78 is 0. The maximum Gasteiger partial charge on any atom is 0.0618 e. The fourth-order valence-corrected chi connectivity index (χ4v) is 8.61. The lowest BCUT2D eigenvalue weighted by molar-refractivity contribution is 0.632. The van der Waals surface area contributed by atoms with E-state index < -0.39 is 0 Å². The smallest absolute Gasteiger partial charge is 0.0618 e. The molecule has 0 saturated carbocycles. The van der Waals surface area contributed by atoms with Crippen LogP contribution in [0.5, 0.6) is 0 Å². The molecule has 9 aromatic rings. The normalized spacial score (nSPS) is 13.0. The van der Waals surface area contributed by atoms with E-state index in [0.29, 0.717) is 0 Å². The van der Waals surface area contributed by atoms with Crippen molar-refractivity contribution in [1.29, 1.82) is 0 Å². The molecule has 0 saturated heterocycles. The minimum absolute atomic E-state index is 0.276. The van der Waals surface area contributed by atoms with Gasteiger partial charge in [-0.3, -0.25) is 0 Å². The van der Waals surface area contributed by atoms with Gasteiger partial charge in [0.15, 0.2) is 0 Å². The lowest BCUT2D eigenvalue weighted by atomic mass is 9.73. The van der Waals surface area contributed by atoms with Crippen LogP contribution in [0.1, 0.15) is 25.0 Å². The van der Waals surface area contributed by atoms with E-state index in [1.54, 1.807) is 0 Å². The monoisotopic (exact) mass is 704 g/mol. The number of para-hydroxylation sites is 1. The Morgan fingerprint density at radius 3 is 1.71 bits per heavy atom. The summed E-state index contributed by atoms with van der Waals surface area (Å²) in [4.78, 5) is 4.94. The van der Waals surface area contributed by atoms with E-state index in [1.165, 1.54) is 72.0 Å². The van der Waals surface area contributed by atoms with Gasteiger partial charge < -0.3 is 9.80 Å². The Labute approximate surface area is 323 Å². The molecule has 10 rings (SSSR count). The number of anilines is 6. The summed E-state index contributed by atoms with van der Waals surface area (Å²) in [6.07, 6.45) is 0. The minimum atomic E-state index is -0.276.